The fourth-order valence-corrected chi connectivity index (χ4v) is 3.85. The fraction of sp³-hybridized carbons (Fsp3) is 0.348. The molecule has 0 aliphatic rings. The molecule has 3 aromatic rings. The smallest absolute Gasteiger partial charge is 0.191 e. The van der Waals surface area contributed by atoms with Crippen LogP contribution in [0.5, 0.6) is 5.75 Å². The van der Waals surface area contributed by atoms with Gasteiger partial charge in [0.15, 0.2) is 5.96 Å². The Kier molecular flexibility index (Phi) is 9.25. The van der Waals surface area contributed by atoms with E-state index < -0.39 is 0 Å². The van der Waals surface area contributed by atoms with E-state index in [1.54, 1.807) is 13.4 Å². The summed E-state index contributed by atoms with van der Waals surface area (Å²) in [6, 6.07) is 18.4. The topological polar surface area (TPSA) is 76.4 Å². The Balaban J connectivity index is 1.56. The first-order valence-electron chi connectivity index (χ1n) is 10.5. The standard InChI is InChI=1S/C23H30N6OS/c1-3-22-28-27-18-29(22)15-13-24-23(25-14-16-31-20-10-5-4-6-11-20)26-17-19-9-7-8-12-21(19)30-2/h4-12,18H,3,13-17H2,1-2H3,(H2,24,25,26). The molecule has 0 saturated carbocycles. The van der Waals surface area contributed by atoms with E-state index in [1.807, 2.05) is 42.1 Å². The van der Waals surface area contributed by atoms with Gasteiger partial charge in [0.2, 0.25) is 0 Å². The number of aryl methyl sites for hydroxylation is 1. The van der Waals surface area contributed by atoms with Gasteiger partial charge in [-0.25, -0.2) is 4.99 Å². The average molecular weight is 439 g/mol. The van der Waals surface area contributed by atoms with Gasteiger partial charge in [-0.05, 0) is 18.2 Å². The molecule has 0 saturated heterocycles. The van der Waals surface area contributed by atoms with Gasteiger partial charge in [-0.1, -0.05) is 43.3 Å². The molecule has 0 amide bonds. The highest BCUT2D eigenvalue weighted by Gasteiger charge is 2.05. The first kappa shape index (κ1) is 22.7. The van der Waals surface area contributed by atoms with Crippen molar-refractivity contribution >= 4 is 17.7 Å². The van der Waals surface area contributed by atoms with E-state index in [9.17, 15) is 0 Å². The number of rotatable bonds is 11. The zero-order valence-electron chi connectivity index (χ0n) is 18.1. The van der Waals surface area contributed by atoms with Crippen LogP contribution in [0.25, 0.3) is 0 Å². The highest BCUT2D eigenvalue weighted by atomic mass is 32.2. The molecule has 0 atom stereocenters. The van der Waals surface area contributed by atoms with Gasteiger partial charge in [0.05, 0.1) is 13.7 Å². The van der Waals surface area contributed by atoms with E-state index in [1.165, 1.54) is 4.90 Å². The molecule has 1 aromatic heterocycles. The number of aromatic nitrogens is 3. The Bertz CT molecular complexity index is 944. The highest BCUT2D eigenvalue weighted by Crippen LogP contribution is 2.18. The summed E-state index contributed by atoms with van der Waals surface area (Å²) in [5.74, 6) is 3.57. The van der Waals surface area contributed by atoms with E-state index in [4.69, 9.17) is 9.73 Å². The lowest BCUT2D eigenvalue weighted by molar-refractivity contribution is 0.410. The predicted octanol–water partition coefficient (Wildman–Crippen LogP) is 3.38. The summed E-state index contributed by atoms with van der Waals surface area (Å²) in [6.45, 7) is 4.95. The van der Waals surface area contributed by atoms with Crippen molar-refractivity contribution in [3.05, 3.63) is 72.3 Å². The number of thioether (sulfide) groups is 1. The van der Waals surface area contributed by atoms with Crippen molar-refractivity contribution in [2.45, 2.75) is 31.3 Å². The number of guanidine groups is 1. The van der Waals surface area contributed by atoms with Crippen molar-refractivity contribution in [3.63, 3.8) is 0 Å². The van der Waals surface area contributed by atoms with Crippen molar-refractivity contribution in [3.8, 4) is 5.75 Å². The van der Waals surface area contributed by atoms with Crippen LogP contribution in [0.4, 0.5) is 0 Å². The van der Waals surface area contributed by atoms with Crippen LogP contribution in [0, 0.1) is 0 Å². The number of hydrogen-bond acceptors (Lipinski definition) is 5. The maximum absolute atomic E-state index is 5.45. The predicted molar refractivity (Wildman–Crippen MR) is 127 cm³/mol. The maximum atomic E-state index is 5.45. The zero-order chi connectivity index (χ0) is 21.7. The minimum Gasteiger partial charge on any atom is -0.496 e. The molecule has 8 heteroatoms. The largest absolute Gasteiger partial charge is 0.496 e. The lowest BCUT2D eigenvalue weighted by Crippen LogP contribution is -2.40. The molecule has 1 heterocycles. The Morgan fingerprint density at radius 2 is 1.84 bits per heavy atom. The van der Waals surface area contributed by atoms with Crippen molar-refractivity contribution in [2.75, 3.05) is 26.0 Å². The number of aliphatic imine (C=N–C) groups is 1. The molecule has 7 nitrogen and oxygen atoms in total. The molecule has 0 aliphatic carbocycles. The van der Waals surface area contributed by atoms with Gasteiger partial charge in [0, 0.05) is 42.3 Å². The van der Waals surface area contributed by atoms with Crippen molar-refractivity contribution in [2.24, 2.45) is 4.99 Å². The minimum absolute atomic E-state index is 0.540. The summed E-state index contributed by atoms with van der Waals surface area (Å²) in [4.78, 5) is 6.04. The lowest BCUT2D eigenvalue weighted by Gasteiger charge is -2.14. The fourth-order valence-electron chi connectivity index (χ4n) is 3.06. The van der Waals surface area contributed by atoms with E-state index in [2.05, 4.69) is 56.6 Å². The summed E-state index contributed by atoms with van der Waals surface area (Å²) in [7, 11) is 1.69. The number of nitrogens with zero attached hydrogens (tertiary/aromatic N) is 4. The van der Waals surface area contributed by atoms with Crippen LogP contribution in [0.2, 0.25) is 0 Å². The van der Waals surface area contributed by atoms with Crippen LogP contribution < -0.4 is 15.4 Å². The number of hydrogen-bond donors (Lipinski definition) is 2. The summed E-state index contributed by atoms with van der Waals surface area (Å²) >= 11 is 1.82. The van der Waals surface area contributed by atoms with E-state index in [0.717, 1.165) is 54.9 Å². The third kappa shape index (κ3) is 7.32. The van der Waals surface area contributed by atoms with Gasteiger partial charge in [0.1, 0.15) is 17.9 Å². The second-order valence-corrected chi connectivity index (χ2v) is 7.95. The third-order valence-electron chi connectivity index (χ3n) is 4.66. The molecule has 2 aromatic carbocycles. The van der Waals surface area contributed by atoms with Gasteiger partial charge in [-0.2, -0.15) is 0 Å². The van der Waals surface area contributed by atoms with Gasteiger partial charge in [0.25, 0.3) is 0 Å². The van der Waals surface area contributed by atoms with Crippen molar-refractivity contribution in [1.29, 1.82) is 0 Å². The normalized spacial score (nSPS) is 11.4. The van der Waals surface area contributed by atoms with Crippen LogP contribution >= 0.6 is 11.8 Å². The summed E-state index contributed by atoms with van der Waals surface area (Å²) in [5, 5.41) is 15.0. The lowest BCUT2D eigenvalue weighted by atomic mass is 10.2. The van der Waals surface area contributed by atoms with Crippen molar-refractivity contribution in [1.82, 2.24) is 25.4 Å². The van der Waals surface area contributed by atoms with Crippen LogP contribution in [0.3, 0.4) is 0 Å². The number of nitrogens with one attached hydrogen (secondary N) is 2. The summed E-state index contributed by atoms with van der Waals surface area (Å²) < 4.78 is 7.52. The Labute approximate surface area is 188 Å². The number of benzene rings is 2. The number of para-hydroxylation sites is 1. The van der Waals surface area contributed by atoms with Crippen LogP contribution in [0.1, 0.15) is 18.3 Å². The van der Waals surface area contributed by atoms with Crippen LogP contribution in [0.15, 0.2) is 70.8 Å². The zero-order valence-corrected chi connectivity index (χ0v) is 18.9. The van der Waals surface area contributed by atoms with Gasteiger partial charge < -0.3 is 19.9 Å². The molecule has 164 valence electrons. The molecule has 2 N–H and O–H groups in total. The SMILES string of the molecule is CCc1nncn1CCNC(=NCc1ccccc1OC)NCCSc1ccccc1. The van der Waals surface area contributed by atoms with E-state index in [-0.39, 0.29) is 0 Å². The quantitative estimate of drug-likeness (QED) is 0.207. The molecule has 0 spiro atoms. The molecule has 3 rings (SSSR count). The molecule has 0 radical (unpaired) electrons. The molecule has 0 unspecified atom stereocenters. The first-order valence-corrected chi connectivity index (χ1v) is 11.5. The third-order valence-corrected chi connectivity index (χ3v) is 5.68. The van der Waals surface area contributed by atoms with Gasteiger partial charge >= 0.3 is 0 Å². The molecular weight excluding hydrogens is 408 g/mol. The second-order valence-electron chi connectivity index (χ2n) is 6.79. The molecule has 0 fully saturated rings. The highest BCUT2D eigenvalue weighted by molar-refractivity contribution is 7.99. The average Bonchev–Trinajstić information content (AvgIpc) is 3.28. The first-order chi connectivity index (χ1) is 15.3. The molecule has 31 heavy (non-hydrogen) atoms. The molecule has 0 aliphatic heterocycles. The minimum atomic E-state index is 0.540. The Hall–Kier alpha value is -3.00. The van der Waals surface area contributed by atoms with Crippen LogP contribution in [-0.2, 0) is 19.5 Å². The number of methoxy groups -OCH3 is 1. The second kappa shape index (κ2) is 12.6. The number of ether oxygens (including phenoxy) is 1. The monoisotopic (exact) mass is 438 g/mol. The van der Waals surface area contributed by atoms with Crippen LogP contribution in [-0.4, -0.2) is 46.7 Å². The van der Waals surface area contributed by atoms with Gasteiger partial charge in [-0.3, -0.25) is 0 Å². The molecule has 0 bridgehead atoms. The summed E-state index contributed by atoms with van der Waals surface area (Å²) in [5.41, 5.74) is 1.05. The molecular formula is C23H30N6OS. The van der Waals surface area contributed by atoms with E-state index >= 15 is 0 Å². The van der Waals surface area contributed by atoms with Crippen molar-refractivity contribution < 1.29 is 4.74 Å². The summed E-state index contributed by atoms with van der Waals surface area (Å²) in [6.07, 6.45) is 2.64. The maximum Gasteiger partial charge on any atom is 0.191 e. The van der Waals surface area contributed by atoms with E-state index in [0.29, 0.717) is 6.54 Å². The Morgan fingerprint density at radius 1 is 1.06 bits per heavy atom. The Morgan fingerprint density at radius 3 is 2.65 bits per heavy atom. The van der Waals surface area contributed by atoms with Gasteiger partial charge in [-0.15, -0.1) is 22.0 Å².